The van der Waals surface area contributed by atoms with Gasteiger partial charge < -0.3 is 14.4 Å². The molecule has 2 fully saturated rings. The molecule has 7 heteroatoms. The Morgan fingerprint density at radius 2 is 2.04 bits per heavy atom. The van der Waals surface area contributed by atoms with Gasteiger partial charge in [-0.15, -0.1) is 5.10 Å². The lowest BCUT2D eigenvalue weighted by atomic mass is 9.99. The van der Waals surface area contributed by atoms with Crippen LogP contribution in [-0.4, -0.2) is 46.2 Å². The van der Waals surface area contributed by atoms with E-state index in [1.807, 2.05) is 36.1 Å². The summed E-state index contributed by atoms with van der Waals surface area (Å²) in [5.74, 6) is 2.18. The molecular weight excluding hydrogens is 338 g/mol. The molecule has 1 aromatic carbocycles. The van der Waals surface area contributed by atoms with Gasteiger partial charge in [0.2, 0.25) is 0 Å². The molecular formula is C18H21N3O3S. The van der Waals surface area contributed by atoms with Crippen molar-refractivity contribution in [2.45, 2.75) is 38.3 Å². The molecule has 2 heterocycles. The van der Waals surface area contributed by atoms with Gasteiger partial charge in [0.15, 0.2) is 0 Å². The molecule has 2 aliphatic rings. The summed E-state index contributed by atoms with van der Waals surface area (Å²) in [5, 5.41) is 3.98. The Morgan fingerprint density at radius 3 is 2.72 bits per heavy atom. The third-order valence-corrected chi connectivity index (χ3v) is 6.12. The van der Waals surface area contributed by atoms with Crippen LogP contribution in [0.1, 0.15) is 34.6 Å². The fraction of sp³-hybridized carbons (Fsp3) is 0.500. The minimum absolute atomic E-state index is 0.0584. The fourth-order valence-corrected chi connectivity index (χ4v) is 4.62. The van der Waals surface area contributed by atoms with Gasteiger partial charge in [-0.2, -0.15) is 0 Å². The van der Waals surface area contributed by atoms with Gasteiger partial charge in [-0.05, 0) is 67.9 Å². The van der Waals surface area contributed by atoms with Gasteiger partial charge in [-0.25, -0.2) is 0 Å². The highest BCUT2D eigenvalue weighted by molar-refractivity contribution is 7.07. The van der Waals surface area contributed by atoms with Crippen molar-refractivity contribution in [2.75, 3.05) is 13.7 Å². The lowest BCUT2D eigenvalue weighted by Crippen LogP contribution is -2.47. The third kappa shape index (κ3) is 2.97. The summed E-state index contributed by atoms with van der Waals surface area (Å²) >= 11 is 1.19. The number of benzene rings is 1. The zero-order valence-corrected chi connectivity index (χ0v) is 15.2. The first-order valence-electron chi connectivity index (χ1n) is 8.56. The normalized spacial score (nSPS) is 24.6. The zero-order valence-electron chi connectivity index (χ0n) is 14.3. The maximum atomic E-state index is 13.0. The van der Waals surface area contributed by atoms with Crippen molar-refractivity contribution >= 4 is 17.4 Å². The molecule has 132 valence electrons. The van der Waals surface area contributed by atoms with E-state index in [2.05, 4.69) is 9.59 Å². The molecule has 4 rings (SSSR count). The highest BCUT2D eigenvalue weighted by atomic mass is 32.1. The van der Waals surface area contributed by atoms with Crippen molar-refractivity contribution in [2.24, 2.45) is 5.92 Å². The summed E-state index contributed by atoms with van der Waals surface area (Å²) in [7, 11) is 1.64. The molecule has 0 N–H and O–H groups in total. The van der Waals surface area contributed by atoms with Crippen molar-refractivity contribution in [3.63, 3.8) is 0 Å². The van der Waals surface area contributed by atoms with Crippen molar-refractivity contribution in [1.82, 2.24) is 14.5 Å². The number of carbonyl (C=O) groups excluding carboxylic acids is 1. The van der Waals surface area contributed by atoms with E-state index in [1.54, 1.807) is 7.11 Å². The smallest absolute Gasteiger partial charge is 0.268 e. The van der Waals surface area contributed by atoms with Crippen LogP contribution in [0.15, 0.2) is 24.3 Å². The summed E-state index contributed by atoms with van der Waals surface area (Å²) < 4.78 is 15.1. The summed E-state index contributed by atoms with van der Waals surface area (Å²) in [6.07, 6.45) is 3.33. The highest BCUT2D eigenvalue weighted by Gasteiger charge is 2.49. The second-order valence-electron chi connectivity index (χ2n) is 6.68. The van der Waals surface area contributed by atoms with Gasteiger partial charge in [-0.3, -0.25) is 4.79 Å². The van der Waals surface area contributed by atoms with Gasteiger partial charge in [0.25, 0.3) is 5.91 Å². The average Bonchev–Trinajstić information content (AvgIpc) is 3.35. The predicted octanol–water partition coefficient (Wildman–Crippen LogP) is 2.93. The Morgan fingerprint density at radius 1 is 1.28 bits per heavy atom. The first-order chi connectivity index (χ1) is 12.2. The molecule has 1 saturated carbocycles. The molecule has 1 saturated heterocycles. The lowest BCUT2D eigenvalue weighted by molar-refractivity contribution is 0.0509. The molecule has 1 amide bonds. The molecule has 6 nitrogen and oxygen atoms in total. The number of rotatable bonds is 5. The number of carbonyl (C=O) groups is 1. The van der Waals surface area contributed by atoms with E-state index in [1.165, 1.54) is 18.0 Å². The van der Waals surface area contributed by atoms with Crippen LogP contribution < -0.4 is 9.47 Å². The van der Waals surface area contributed by atoms with Crippen LogP contribution in [-0.2, 0) is 0 Å². The highest BCUT2D eigenvalue weighted by Crippen LogP contribution is 2.43. The maximum Gasteiger partial charge on any atom is 0.268 e. The summed E-state index contributed by atoms with van der Waals surface area (Å²) in [6, 6.07) is 8.00. The number of nitrogens with zero attached hydrogens (tertiary/aromatic N) is 3. The molecule has 1 aliphatic heterocycles. The number of aromatic nitrogens is 2. The monoisotopic (exact) mass is 359 g/mol. The number of hydrogen-bond donors (Lipinski definition) is 0. The molecule has 1 aromatic heterocycles. The minimum atomic E-state index is 0.0584. The maximum absolute atomic E-state index is 13.0. The third-order valence-electron chi connectivity index (χ3n) is 5.30. The van der Waals surface area contributed by atoms with Gasteiger partial charge in [0.05, 0.1) is 18.8 Å². The number of piperidine rings is 1. The van der Waals surface area contributed by atoms with E-state index in [-0.39, 0.29) is 11.9 Å². The molecule has 1 aliphatic carbocycles. The van der Waals surface area contributed by atoms with Gasteiger partial charge in [0, 0.05) is 6.04 Å². The SMILES string of the molecule is COc1ccc(OC[C@H]2[C@@H]3CC[C@H](C3)N2C(=O)c2snnc2C)cc1. The van der Waals surface area contributed by atoms with Crippen LogP contribution in [0.25, 0.3) is 0 Å². The fourth-order valence-electron chi connectivity index (χ4n) is 4.02. The van der Waals surface area contributed by atoms with Crippen LogP contribution >= 0.6 is 11.5 Å². The minimum Gasteiger partial charge on any atom is -0.497 e. The zero-order chi connectivity index (χ0) is 17.4. The van der Waals surface area contributed by atoms with Crippen molar-refractivity contribution in [3.8, 4) is 11.5 Å². The van der Waals surface area contributed by atoms with E-state index in [0.717, 1.165) is 24.3 Å². The second kappa shape index (κ2) is 6.63. The molecule has 0 radical (unpaired) electrons. The average molecular weight is 359 g/mol. The number of amides is 1. The Kier molecular flexibility index (Phi) is 4.33. The number of aryl methyl sites for hydroxylation is 1. The van der Waals surface area contributed by atoms with Crippen LogP contribution in [0.4, 0.5) is 0 Å². The Hall–Kier alpha value is -2.15. The molecule has 2 aromatic rings. The Bertz CT molecular complexity index is 761. The van der Waals surface area contributed by atoms with Crippen LogP contribution in [0.2, 0.25) is 0 Å². The van der Waals surface area contributed by atoms with Crippen LogP contribution in [0.5, 0.6) is 11.5 Å². The number of likely N-dealkylation sites (tertiary alicyclic amines) is 1. The quantitative estimate of drug-likeness (QED) is 0.821. The van der Waals surface area contributed by atoms with Crippen LogP contribution in [0.3, 0.4) is 0 Å². The Balaban J connectivity index is 1.49. The predicted molar refractivity (Wildman–Crippen MR) is 94.2 cm³/mol. The van der Waals surface area contributed by atoms with E-state index in [0.29, 0.717) is 29.1 Å². The van der Waals surface area contributed by atoms with E-state index < -0.39 is 0 Å². The van der Waals surface area contributed by atoms with Gasteiger partial charge in [0.1, 0.15) is 23.0 Å². The van der Waals surface area contributed by atoms with Crippen molar-refractivity contribution in [1.29, 1.82) is 0 Å². The number of fused-ring (bicyclic) bond motifs is 2. The summed E-state index contributed by atoms with van der Waals surface area (Å²) in [5.41, 5.74) is 0.715. The Labute approximate surface area is 150 Å². The summed E-state index contributed by atoms with van der Waals surface area (Å²) in [4.78, 5) is 15.7. The van der Waals surface area contributed by atoms with Crippen molar-refractivity contribution in [3.05, 3.63) is 34.8 Å². The topological polar surface area (TPSA) is 64.6 Å². The molecule has 0 unspecified atom stereocenters. The first-order valence-corrected chi connectivity index (χ1v) is 9.33. The molecule has 25 heavy (non-hydrogen) atoms. The van der Waals surface area contributed by atoms with Gasteiger partial charge >= 0.3 is 0 Å². The van der Waals surface area contributed by atoms with E-state index in [4.69, 9.17) is 9.47 Å². The number of hydrogen-bond acceptors (Lipinski definition) is 6. The number of methoxy groups -OCH3 is 1. The standard InChI is InChI=1S/C18H21N3O3S/c1-11-17(25-20-19-11)18(22)21-13-4-3-12(9-13)16(21)10-24-15-7-5-14(23-2)6-8-15/h5-8,12-13,16H,3-4,9-10H2,1-2H3/t12-,13-,16+/m1/s1. The summed E-state index contributed by atoms with van der Waals surface area (Å²) in [6.45, 7) is 2.36. The van der Waals surface area contributed by atoms with Gasteiger partial charge in [-0.1, -0.05) is 4.49 Å². The largest absolute Gasteiger partial charge is 0.497 e. The second-order valence-corrected chi connectivity index (χ2v) is 7.43. The van der Waals surface area contributed by atoms with Crippen LogP contribution in [0, 0.1) is 12.8 Å². The first kappa shape index (κ1) is 16.3. The van der Waals surface area contributed by atoms with E-state index >= 15 is 0 Å². The lowest BCUT2D eigenvalue weighted by Gasteiger charge is -2.35. The van der Waals surface area contributed by atoms with Crippen molar-refractivity contribution < 1.29 is 14.3 Å². The van der Waals surface area contributed by atoms with E-state index in [9.17, 15) is 4.79 Å². The molecule has 2 bridgehead atoms. The molecule has 3 atom stereocenters. The number of ether oxygens (including phenoxy) is 2. The molecule has 0 spiro atoms.